The topological polar surface area (TPSA) is 88.6 Å². The molecule has 0 unspecified atom stereocenters. The van der Waals surface area contributed by atoms with Crippen LogP contribution < -0.4 is 5.32 Å². The van der Waals surface area contributed by atoms with Gasteiger partial charge in [-0.3, -0.25) is 4.79 Å². The van der Waals surface area contributed by atoms with Crippen LogP contribution in [-0.4, -0.2) is 55.2 Å². The quantitative estimate of drug-likeness (QED) is 0.760. The molecule has 10 heteroatoms. The summed E-state index contributed by atoms with van der Waals surface area (Å²) in [4.78, 5) is 15.9. The van der Waals surface area contributed by atoms with Gasteiger partial charge in [-0.15, -0.1) is 0 Å². The second-order valence-corrected chi connectivity index (χ2v) is 8.38. The van der Waals surface area contributed by atoms with Gasteiger partial charge in [0.15, 0.2) is 5.13 Å². The summed E-state index contributed by atoms with van der Waals surface area (Å²) in [5.74, 6) is -0.204. The monoisotopic (exact) mass is 419 g/mol. The second kappa shape index (κ2) is 6.81. The van der Waals surface area contributed by atoms with Crippen LogP contribution in [0.5, 0.6) is 0 Å². The zero-order chi connectivity index (χ0) is 16.4. The van der Waals surface area contributed by atoms with Gasteiger partial charge >= 0.3 is 0 Å². The number of sulfonamides is 1. The van der Waals surface area contributed by atoms with Crippen LogP contribution >= 0.6 is 27.3 Å². The Morgan fingerprint density at radius 2 is 2.13 bits per heavy atom. The number of anilines is 1. The number of nitrogens with one attached hydrogen (secondary N) is 1. The molecule has 1 saturated heterocycles. The minimum Gasteiger partial charge on any atom is -0.379 e. The molecule has 124 valence electrons. The summed E-state index contributed by atoms with van der Waals surface area (Å²) in [5.41, 5.74) is 0.654. The van der Waals surface area contributed by atoms with E-state index in [1.54, 1.807) is 18.2 Å². The first-order valence-electron chi connectivity index (χ1n) is 6.85. The summed E-state index contributed by atoms with van der Waals surface area (Å²) >= 11 is 4.31. The van der Waals surface area contributed by atoms with Gasteiger partial charge in [-0.2, -0.15) is 4.31 Å². The van der Waals surface area contributed by atoms with E-state index in [-0.39, 0.29) is 16.1 Å². The summed E-state index contributed by atoms with van der Waals surface area (Å²) in [7, 11) is -3.53. The molecule has 2 aromatic rings. The van der Waals surface area contributed by atoms with Crippen molar-refractivity contribution in [3.05, 3.63) is 18.2 Å². The maximum absolute atomic E-state index is 12.6. The van der Waals surface area contributed by atoms with E-state index < -0.39 is 10.0 Å². The number of fused-ring (bicyclic) bond motifs is 1. The molecule has 1 fully saturated rings. The van der Waals surface area contributed by atoms with Crippen LogP contribution in [0.2, 0.25) is 0 Å². The number of rotatable bonds is 4. The lowest BCUT2D eigenvalue weighted by molar-refractivity contribution is -0.113. The first-order valence-corrected chi connectivity index (χ1v) is 10.2. The largest absolute Gasteiger partial charge is 0.379 e. The van der Waals surface area contributed by atoms with E-state index in [2.05, 4.69) is 26.2 Å². The zero-order valence-electron chi connectivity index (χ0n) is 12.0. The van der Waals surface area contributed by atoms with E-state index in [4.69, 9.17) is 4.74 Å². The van der Waals surface area contributed by atoms with Crippen LogP contribution in [0.25, 0.3) is 10.2 Å². The average Bonchev–Trinajstić information content (AvgIpc) is 2.96. The van der Waals surface area contributed by atoms with E-state index in [9.17, 15) is 13.2 Å². The van der Waals surface area contributed by atoms with E-state index in [1.165, 1.54) is 15.6 Å². The van der Waals surface area contributed by atoms with Gasteiger partial charge in [-0.1, -0.05) is 27.3 Å². The number of morpholine rings is 1. The Hall–Kier alpha value is -1.07. The van der Waals surface area contributed by atoms with E-state index in [0.717, 1.165) is 0 Å². The maximum Gasteiger partial charge on any atom is 0.243 e. The van der Waals surface area contributed by atoms with Gasteiger partial charge in [0.25, 0.3) is 0 Å². The molecular weight excluding hydrogens is 406 g/mol. The van der Waals surface area contributed by atoms with E-state index >= 15 is 0 Å². The van der Waals surface area contributed by atoms with Crippen molar-refractivity contribution in [1.82, 2.24) is 9.29 Å². The van der Waals surface area contributed by atoms with Gasteiger partial charge < -0.3 is 10.1 Å². The van der Waals surface area contributed by atoms with E-state index in [1.807, 2.05) is 0 Å². The van der Waals surface area contributed by atoms with Crippen molar-refractivity contribution in [3.8, 4) is 0 Å². The highest BCUT2D eigenvalue weighted by Crippen LogP contribution is 2.29. The number of aromatic nitrogens is 1. The molecule has 0 radical (unpaired) electrons. The van der Waals surface area contributed by atoms with Gasteiger partial charge in [0.1, 0.15) is 0 Å². The number of benzene rings is 1. The van der Waals surface area contributed by atoms with Crippen LogP contribution in [0, 0.1) is 0 Å². The summed E-state index contributed by atoms with van der Waals surface area (Å²) in [6.45, 7) is 1.53. The molecule has 1 aromatic heterocycles. The van der Waals surface area contributed by atoms with Gasteiger partial charge in [0, 0.05) is 13.1 Å². The molecule has 1 N–H and O–H groups in total. The SMILES string of the molecule is O=C(CBr)Nc1nc2ccc(S(=O)(=O)N3CCOCC3)cc2s1. The van der Waals surface area contributed by atoms with Gasteiger partial charge in [-0.25, -0.2) is 13.4 Å². The number of ether oxygens (including phenoxy) is 1. The van der Waals surface area contributed by atoms with Crippen molar-refractivity contribution in [3.63, 3.8) is 0 Å². The number of nitrogens with zero attached hydrogens (tertiary/aromatic N) is 2. The smallest absolute Gasteiger partial charge is 0.243 e. The van der Waals surface area contributed by atoms with Crippen molar-refractivity contribution in [2.75, 3.05) is 37.0 Å². The molecule has 0 bridgehead atoms. The molecule has 0 aliphatic carbocycles. The summed E-state index contributed by atoms with van der Waals surface area (Å²) in [5, 5.41) is 3.28. The van der Waals surface area contributed by atoms with Gasteiger partial charge in [-0.05, 0) is 18.2 Å². The predicted molar refractivity (Wildman–Crippen MR) is 91.6 cm³/mol. The number of carbonyl (C=O) groups is 1. The molecule has 1 aliphatic rings. The number of hydrogen-bond acceptors (Lipinski definition) is 6. The van der Waals surface area contributed by atoms with Crippen molar-refractivity contribution < 1.29 is 17.9 Å². The van der Waals surface area contributed by atoms with Gasteiger partial charge in [0.2, 0.25) is 15.9 Å². The molecule has 1 amide bonds. The molecule has 23 heavy (non-hydrogen) atoms. The fourth-order valence-corrected chi connectivity index (χ4v) is 4.78. The summed E-state index contributed by atoms with van der Waals surface area (Å²) in [6, 6.07) is 4.80. The normalized spacial score (nSPS) is 16.6. The molecule has 1 aromatic carbocycles. The highest BCUT2D eigenvalue weighted by atomic mass is 79.9. The molecule has 0 saturated carbocycles. The second-order valence-electron chi connectivity index (χ2n) is 4.85. The highest BCUT2D eigenvalue weighted by molar-refractivity contribution is 9.09. The zero-order valence-corrected chi connectivity index (χ0v) is 15.2. The molecule has 0 spiro atoms. The number of amides is 1. The predicted octanol–water partition coefficient (Wildman–Crippen LogP) is 1.65. The lowest BCUT2D eigenvalue weighted by atomic mass is 10.3. The van der Waals surface area contributed by atoms with Crippen molar-refractivity contribution in [1.29, 1.82) is 0 Å². The number of hydrogen-bond donors (Lipinski definition) is 1. The Balaban J connectivity index is 1.91. The third kappa shape index (κ3) is 3.56. The lowest BCUT2D eigenvalue weighted by Gasteiger charge is -2.25. The molecule has 2 heterocycles. The number of halogens is 1. The number of alkyl halides is 1. The Morgan fingerprint density at radius 3 is 2.83 bits per heavy atom. The van der Waals surface area contributed by atoms with Crippen molar-refractivity contribution in [2.24, 2.45) is 0 Å². The van der Waals surface area contributed by atoms with Crippen LogP contribution in [0.3, 0.4) is 0 Å². The number of carbonyl (C=O) groups excluding carboxylic acids is 1. The molecule has 0 atom stereocenters. The molecule has 1 aliphatic heterocycles. The van der Waals surface area contributed by atoms with Gasteiger partial charge in [0.05, 0.1) is 33.7 Å². The van der Waals surface area contributed by atoms with Crippen molar-refractivity contribution >= 4 is 58.5 Å². The minimum atomic E-state index is -3.53. The third-order valence-electron chi connectivity index (χ3n) is 3.34. The fourth-order valence-electron chi connectivity index (χ4n) is 2.21. The summed E-state index contributed by atoms with van der Waals surface area (Å²) in [6.07, 6.45) is 0. The first-order chi connectivity index (χ1) is 11.0. The molecule has 3 rings (SSSR count). The first kappa shape index (κ1) is 16.8. The molecular formula is C13H14BrN3O4S2. The fraction of sp³-hybridized carbons (Fsp3) is 0.385. The summed E-state index contributed by atoms with van der Waals surface area (Å²) < 4.78 is 32.6. The standard InChI is InChI=1S/C13H14BrN3O4S2/c14-8-12(18)16-13-15-10-2-1-9(7-11(10)22-13)23(19,20)17-3-5-21-6-4-17/h1-2,7H,3-6,8H2,(H,15,16,18). The van der Waals surface area contributed by atoms with Crippen LogP contribution in [0.4, 0.5) is 5.13 Å². The minimum absolute atomic E-state index is 0.180. The Kier molecular flexibility index (Phi) is 4.97. The molecule has 7 nitrogen and oxygen atoms in total. The van der Waals surface area contributed by atoms with Crippen LogP contribution in [0.15, 0.2) is 23.1 Å². The highest BCUT2D eigenvalue weighted by Gasteiger charge is 2.26. The Labute approximate surface area is 145 Å². The maximum atomic E-state index is 12.6. The third-order valence-corrected chi connectivity index (χ3v) is 6.67. The Morgan fingerprint density at radius 1 is 1.39 bits per heavy atom. The Bertz CT molecular complexity index is 831. The van der Waals surface area contributed by atoms with Crippen LogP contribution in [-0.2, 0) is 19.6 Å². The van der Waals surface area contributed by atoms with E-state index in [0.29, 0.717) is 41.7 Å². The number of thiazole rings is 1. The van der Waals surface area contributed by atoms with Crippen molar-refractivity contribution in [2.45, 2.75) is 4.90 Å². The van der Waals surface area contributed by atoms with Crippen LogP contribution in [0.1, 0.15) is 0 Å². The lowest BCUT2D eigenvalue weighted by Crippen LogP contribution is -2.40. The average molecular weight is 420 g/mol.